The van der Waals surface area contributed by atoms with E-state index < -0.39 is 11.6 Å². The van der Waals surface area contributed by atoms with Crippen molar-refractivity contribution in [1.82, 2.24) is 10.3 Å². The molecule has 1 aliphatic carbocycles. The molecule has 6 nitrogen and oxygen atoms in total. The number of benzene rings is 2. The fourth-order valence-electron chi connectivity index (χ4n) is 4.12. The van der Waals surface area contributed by atoms with E-state index in [2.05, 4.69) is 40.3 Å². The van der Waals surface area contributed by atoms with Crippen LogP contribution in [-0.2, 0) is 11.3 Å². The average molecular weight is 466 g/mol. The Balaban J connectivity index is 1.49. The van der Waals surface area contributed by atoms with E-state index in [1.165, 1.54) is 0 Å². The molecule has 35 heavy (non-hydrogen) atoms. The maximum absolute atomic E-state index is 10.6. The van der Waals surface area contributed by atoms with E-state index in [1.807, 2.05) is 54.6 Å². The lowest BCUT2D eigenvalue weighted by atomic mass is 9.79. The zero-order valence-corrected chi connectivity index (χ0v) is 19.4. The third-order valence-electron chi connectivity index (χ3n) is 6.09. The Bertz CT molecular complexity index is 1230. The average Bonchev–Trinajstić information content (AvgIpc) is 2.89. The van der Waals surface area contributed by atoms with Crippen molar-refractivity contribution in [2.24, 2.45) is 5.92 Å². The molecule has 4 rings (SSSR count). The first-order valence-electron chi connectivity index (χ1n) is 11.7. The van der Waals surface area contributed by atoms with Gasteiger partial charge in [-0.2, -0.15) is 5.26 Å². The molecular weight excluding hydrogens is 438 g/mol. The van der Waals surface area contributed by atoms with Crippen LogP contribution >= 0.6 is 0 Å². The normalized spacial score (nSPS) is 19.1. The molecule has 0 aliphatic heterocycles. The minimum atomic E-state index is -0.904. The smallest absolute Gasteiger partial charge is 0.317 e. The van der Waals surface area contributed by atoms with Gasteiger partial charge in [0.25, 0.3) is 0 Å². The molecule has 0 spiro atoms. The number of ether oxygens (including phenoxy) is 1. The Morgan fingerprint density at radius 3 is 2.40 bits per heavy atom. The summed E-state index contributed by atoms with van der Waals surface area (Å²) in [5, 5.41) is 20.9. The number of hydrogen-bond donors (Lipinski definition) is 2. The second-order valence-corrected chi connectivity index (χ2v) is 8.68. The van der Waals surface area contributed by atoms with Crippen LogP contribution in [0.15, 0.2) is 72.9 Å². The minimum Gasteiger partial charge on any atom is -0.480 e. The Kier molecular flexibility index (Phi) is 7.77. The number of nitriles is 1. The predicted octanol–water partition coefficient (Wildman–Crippen LogP) is 4.81. The lowest BCUT2D eigenvalue weighted by Gasteiger charge is -2.35. The largest absolute Gasteiger partial charge is 0.480 e. The number of carboxylic acid groups (broad SMARTS) is 1. The fourth-order valence-corrected chi connectivity index (χ4v) is 4.12. The number of pyridine rings is 1. The van der Waals surface area contributed by atoms with Crippen LogP contribution < -0.4 is 10.1 Å². The summed E-state index contributed by atoms with van der Waals surface area (Å²) >= 11 is 0. The van der Waals surface area contributed by atoms with Crippen molar-refractivity contribution in [2.75, 3.05) is 6.54 Å². The summed E-state index contributed by atoms with van der Waals surface area (Å²) in [5.41, 5.74) is 3.11. The van der Waals surface area contributed by atoms with E-state index in [1.54, 1.807) is 6.20 Å². The third kappa shape index (κ3) is 6.69. The topological polar surface area (TPSA) is 95.2 Å². The molecule has 0 unspecified atom stereocenters. The molecule has 1 aliphatic rings. The Labute approximate surface area is 205 Å². The van der Waals surface area contributed by atoms with E-state index in [4.69, 9.17) is 9.84 Å². The van der Waals surface area contributed by atoms with Crippen molar-refractivity contribution in [3.05, 3.63) is 84.2 Å². The molecule has 176 valence electrons. The first-order chi connectivity index (χ1) is 17.0. The number of nitrogens with one attached hydrogen (secondary N) is 1. The van der Waals surface area contributed by atoms with Crippen molar-refractivity contribution < 1.29 is 14.6 Å². The summed E-state index contributed by atoms with van der Waals surface area (Å²) in [4.78, 5) is 15.0. The van der Waals surface area contributed by atoms with E-state index in [0.717, 1.165) is 41.0 Å². The number of carboxylic acids is 1. The van der Waals surface area contributed by atoms with Crippen LogP contribution in [0.3, 0.4) is 0 Å². The summed E-state index contributed by atoms with van der Waals surface area (Å²) in [5.74, 6) is 6.45. The van der Waals surface area contributed by atoms with Gasteiger partial charge in [0.15, 0.2) is 5.60 Å². The second kappa shape index (κ2) is 11.3. The van der Waals surface area contributed by atoms with Crippen molar-refractivity contribution in [1.29, 1.82) is 5.26 Å². The zero-order chi connectivity index (χ0) is 24.5. The van der Waals surface area contributed by atoms with Crippen LogP contribution in [0.2, 0.25) is 0 Å². The molecule has 3 aromatic rings. The summed E-state index contributed by atoms with van der Waals surface area (Å²) in [6, 6.07) is 24.3. The molecule has 1 aromatic heterocycles. The van der Waals surface area contributed by atoms with E-state index in [0.29, 0.717) is 19.4 Å². The molecule has 1 heterocycles. The highest BCUT2D eigenvalue weighted by Crippen LogP contribution is 2.36. The van der Waals surface area contributed by atoms with Crippen molar-refractivity contribution in [3.8, 4) is 34.8 Å². The number of nitrogens with zero attached hydrogens (tertiary/aromatic N) is 2. The van der Waals surface area contributed by atoms with Crippen LogP contribution in [0.1, 0.15) is 36.9 Å². The SMILES string of the molecule is N#CC1CCC(C#Cc2ccc(CNCC(=O)O)nc2)(Oc2ccc(-c3ccccc3)cc2)CC1. The van der Waals surface area contributed by atoms with Crippen LogP contribution in [0.5, 0.6) is 5.75 Å². The lowest BCUT2D eigenvalue weighted by molar-refractivity contribution is -0.136. The summed E-state index contributed by atoms with van der Waals surface area (Å²) in [6.45, 7) is 0.265. The molecule has 0 radical (unpaired) electrons. The molecule has 0 saturated heterocycles. The number of aromatic nitrogens is 1. The number of hydrogen-bond acceptors (Lipinski definition) is 5. The zero-order valence-electron chi connectivity index (χ0n) is 19.4. The monoisotopic (exact) mass is 465 g/mol. The molecular formula is C29H27N3O3. The lowest BCUT2D eigenvalue weighted by Crippen LogP contribution is -2.38. The van der Waals surface area contributed by atoms with E-state index >= 15 is 0 Å². The van der Waals surface area contributed by atoms with Gasteiger partial charge in [0.2, 0.25) is 0 Å². The maximum atomic E-state index is 10.6. The van der Waals surface area contributed by atoms with Crippen molar-refractivity contribution in [3.63, 3.8) is 0 Å². The highest BCUT2D eigenvalue weighted by atomic mass is 16.5. The molecule has 0 bridgehead atoms. The molecule has 1 fully saturated rings. The minimum absolute atomic E-state index is 0.0354. The summed E-state index contributed by atoms with van der Waals surface area (Å²) < 4.78 is 6.48. The van der Waals surface area contributed by atoms with Gasteiger partial charge in [-0.05, 0) is 67.0 Å². The standard InChI is InChI=1S/C29H27N3O3/c30-18-22-12-15-29(16-13-22,17-14-23-6-9-26(32-19-23)20-31-21-28(33)34)35-27-10-7-25(8-11-27)24-4-2-1-3-5-24/h1-11,19,22,31H,12-13,15-16,20-21H2,(H,33,34). The first-order valence-corrected chi connectivity index (χ1v) is 11.7. The molecule has 0 atom stereocenters. The van der Waals surface area contributed by atoms with Gasteiger partial charge in [0.05, 0.1) is 18.3 Å². The quantitative estimate of drug-likeness (QED) is 0.487. The molecule has 1 saturated carbocycles. The molecule has 2 N–H and O–H groups in total. The highest BCUT2D eigenvalue weighted by Gasteiger charge is 2.36. The van der Waals surface area contributed by atoms with Crippen molar-refractivity contribution in [2.45, 2.75) is 37.8 Å². The van der Waals surface area contributed by atoms with Crippen molar-refractivity contribution >= 4 is 5.97 Å². The highest BCUT2D eigenvalue weighted by molar-refractivity contribution is 5.69. The number of aliphatic carboxylic acids is 1. The molecule has 2 aromatic carbocycles. The van der Waals surface area contributed by atoms with E-state index in [9.17, 15) is 10.1 Å². The Hall–Kier alpha value is -4.13. The van der Waals surface area contributed by atoms with Crippen LogP contribution in [0.4, 0.5) is 0 Å². The Morgan fingerprint density at radius 1 is 1.06 bits per heavy atom. The maximum Gasteiger partial charge on any atom is 0.317 e. The van der Waals surface area contributed by atoms with Gasteiger partial charge >= 0.3 is 5.97 Å². The molecule has 0 amide bonds. The third-order valence-corrected chi connectivity index (χ3v) is 6.09. The van der Waals surface area contributed by atoms with Gasteiger partial charge in [0.1, 0.15) is 5.75 Å². The van der Waals surface area contributed by atoms with Crippen LogP contribution in [0, 0.1) is 29.1 Å². The van der Waals surface area contributed by atoms with Crippen LogP contribution in [0.25, 0.3) is 11.1 Å². The van der Waals surface area contributed by atoms with Crippen LogP contribution in [-0.4, -0.2) is 28.2 Å². The van der Waals surface area contributed by atoms with Gasteiger partial charge < -0.3 is 15.2 Å². The van der Waals surface area contributed by atoms with Gasteiger partial charge in [-0.25, -0.2) is 0 Å². The number of rotatable bonds is 7. The molecule has 6 heteroatoms. The van der Waals surface area contributed by atoms with Gasteiger partial charge in [-0.15, -0.1) is 0 Å². The Morgan fingerprint density at radius 2 is 1.77 bits per heavy atom. The predicted molar refractivity (Wildman–Crippen MR) is 133 cm³/mol. The first kappa shape index (κ1) is 24.0. The summed E-state index contributed by atoms with van der Waals surface area (Å²) in [7, 11) is 0. The number of carbonyl (C=O) groups is 1. The second-order valence-electron chi connectivity index (χ2n) is 8.68. The van der Waals surface area contributed by atoms with E-state index in [-0.39, 0.29) is 12.5 Å². The van der Waals surface area contributed by atoms with Gasteiger partial charge in [-0.3, -0.25) is 9.78 Å². The fraction of sp³-hybridized carbons (Fsp3) is 0.276. The van der Waals surface area contributed by atoms with Gasteiger partial charge in [-0.1, -0.05) is 48.4 Å². The summed E-state index contributed by atoms with van der Waals surface area (Å²) in [6.07, 6.45) is 4.56. The van der Waals surface area contributed by atoms with Gasteiger partial charge in [0, 0.05) is 24.2 Å².